The van der Waals surface area contributed by atoms with Crippen LogP contribution < -0.4 is 5.32 Å². The van der Waals surface area contributed by atoms with Crippen LogP contribution >= 0.6 is 0 Å². The zero-order valence-electron chi connectivity index (χ0n) is 35.0. The lowest BCUT2D eigenvalue weighted by molar-refractivity contribution is -0.131. The monoisotopic (exact) mass is 734 g/mol. The molecule has 0 radical (unpaired) electrons. The van der Waals surface area contributed by atoms with Crippen molar-refractivity contribution in [2.75, 3.05) is 6.61 Å². The fraction of sp³-hybridized carbons (Fsp3) is 0.894. The Bertz CT molecular complexity index is 768. The van der Waals surface area contributed by atoms with E-state index in [1.165, 1.54) is 193 Å². The van der Waals surface area contributed by atoms with Crippen molar-refractivity contribution in [1.82, 2.24) is 5.32 Å². The van der Waals surface area contributed by atoms with E-state index in [9.17, 15) is 20.1 Å². The molecule has 0 bridgehead atoms. The second-order valence-electron chi connectivity index (χ2n) is 16.0. The molecular formula is C47H91NO4. The van der Waals surface area contributed by atoms with Crippen LogP contribution in [-0.2, 0) is 4.79 Å². The van der Waals surface area contributed by atoms with Crippen LogP contribution in [0, 0.1) is 0 Å². The molecule has 3 unspecified atom stereocenters. The number of hydrogen-bond acceptors (Lipinski definition) is 4. The lowest BCUT2D eigenvalue weighted by Crippen LogP contribution is -2.48. The molecule has 52 heavy (non-hydrogen) atoms. The summed E-state index contributed by atoms with van der Waals surface area (Å²) in [6.07, 6.45) is 52.2. The molecule has 1 amide bonds. The summed E-state index contributed by atoms with van der Waals surface area (Å²) in [5.41, 5.74) is 0. The molecule has 0 fully saturated rings. The molecule has 308 valence electrons. The maximum atomic E-state index is 12.5. The average Bonchev–Trinajstić information content (AvgIpc) is 3.15. The molecule has 3 atom stereocenters. The number of allylic oxidation sites excluding steroid dienone is 3. The Labute approximate surface area is 324 Å². The lowest BCUT2D eigenvalue weighted by atomic mass is 10.0. The van der Waals surface area contributed by atoms with Crippen molar-refractivity contribution in [2.45, 2.75) is 263 Å². The van der Waals surface area contributed by atoms with Crippen LogP contribution in [0.5, 0.6) is 0 Å². The highest BCUT2D eigenvalue weighted by molar-refractivity contribution is 5.80. The Hall–Kier alpha value is -1.17. The van der Waals surface area contributed by atoms with Gasteiger partial charge in [0.2, 0.25) is 5.91 Å². The smallest absolute Gasteiger partial charge is 0.249 e. The number of nitrogens with one attached hydrogen (secondary N) is 1. The van der Waals surface area contributed by atoms with Gasteiger partial charge in [0.05, 0.1) is 18.8 Å². The Balaban J connectivity index is 3.61. The summed E-state index contributed by atoms with van der Waals surface area (Å²) < 4.78 is 0. The number of hydrogen-bond donors (Lipinski definition) is 4. The van der Waals surface area contributed by atoms with Gasteiger partial charge in [0.25, 0.3) is 0 Å². The normalized spacial score (nSPS) is 13.7. The summed E-state index contributed by atoms with van der Waals surface area (Å²) in [5, 5.41) is 33.1. The molecule has 0 aromatic carbocycles. The van der Waals surface area contributed by atoms with Gasteiger partial charge in [0.1, 0.15) is 6.10 Å². The van der Waals surface area contributed by atoms with Gasteiger partial charge >= 0.3 is 0 Å². The summed E-state index contributed by atoms with van der Waals surface area (Å²) >= 11 is 0. The minimum absolute atomic E-state index is 0.364. The van der Waals surface area contributed by atoms with Crippen LogP contribution in [0.15, 0.2) is 24.3 Å². The van der Waals surface area contributed by atoms with E-state index < -0.39 is 24.2 Å². The van der Waals surface area contributed by atoms with Gasteiger partial charge in [-0.1, -0.05) is 224 Å². The van der Waals surface area contributed by atoms with Crippen molar-refractivity contribution in [2.24, 2.45) is 0 Å². The van der Waals surface area contributed by atoms with Gasteiger partial charge in [-0.25, -0.2) is 0 Å². The van der Waals surface area contributed by atoms with E-state index in [-0.39, 0.29) is 6.61 Å². The molecular weight excluding hydrogens is 643 g/mol. The molecule has 5 nitrogen and oxygen atoms in total. The van der Waals surface area contributed by atoms with Gasteiger partial charge in [-0.05, 0) is 44.9 Å². The highest BCUT2D eigenvalue weighted by Crippen LogP contribution is 2.16. The van der Waals surface area contributed by atoms with Crippen LogP contribution in [0.3, 0.4) is 0 Å². The summed E-state index contributed by atoms with van der Waals surface area (Å²) in [4.78, 5) is 12.5. The van der Waals surface area contributed by atoms with Crippen LogP contribution in [0.1, 0.15) is 245 Å². The molecule has 0 aliphatic carbocycles. The van der Waals surface area contributed by atoms with Gasteiger partial charge in [0.15, 0.2) is 0 Å². The van der Waals surface area contributed by atoms with E-state index in [0.29, 0.717) is 6.42 Å². The SMILES string of the molecule is CCCCCC/C=C\CCCCCCCCC(O)C(=O)NC(CO)C(O)/C=C/CCCCCCCCCCCCCCCCCCCCCCCC. The van der Waals surface area contributed by atoms with Crippen molar-refractivity contribution in [3.05, 3.63) is 24.3 Å². The Kier molecular flexibility index (Phi) is 41.6. The van der Waals surface area contributed by atoms with Gasteiger partial charge in [-0.15, -0.1) is 0 Å². The molecule has 0 aromatic heterocycles. The third-order valence-electron chi connectivity index (χ3n) is 10.8. The van der Waals surface area contributed by atoms with E-state index in [4.69, 9.17) is 0 Å². The predicted octanol–water partition coefficient (Wildman–Crippen LogP) is 13.4. The minimum Gasteiger partial charge on any atom is -0.394 e. The van der Waals surface area contributed by atoms with Crippen LogP contribution in [0.2, 0.25) is 0 Å². The zero-order valence-corrected chi connectivity index (χ0v) is 35.0. The standard InChI is InChI=1S/C47H91NO4/c1-3-5-7-9-11-13-15-17-19-20-21-22-23-24-25-26-27-28-30-31-33-35-37-39-41-45(50)44(43-49)48-47(52)46(51)42-40-38-36-34-32-29-18-16-14-12-10-8-6-4-2/h14,16,39,41,44-46,49-51H,3-13,15,17-38,40,42-43H2,1-2H3,(H,48,52)/b16-14-,41-39+. The van der Waals surface area contributed by atoms with E-state index in [2.05, 4.69) is 31.3 Å². The number of amides is 1. The van der Waals surface area contributed by atoms with Gasteiger partial charge in [-0.3, -0.25) is 4.79 Å². The molecule has 0 aromatic rings. The lowest BCUT2D eigenvalue weighted by Gasteiger charge is -2.21. The fourth-order valence-electron chi connectivity index (χ4n) is 7.12. The van der Waals surface area contributed by atoms with Gasteiger partial charge < -0.3 is 20.6 Å². The Morgan fingerprint density at radius 1 is 0.462 bits per heavy atom. The van der Waals surface area contributed by atoms with Crippen LogP contribution in [-0.4, -0.2) is 46.1 Å². The number of carbonyl (C=O) groups is 1. The number of carbonyl (C=O) groups excluding carboxylic acids is 1. The number of aliphatic hydroxyl groups is 3. The van der Waals surface area contributed by atoms with Crippen molar-refractivity contribution in [3.8, 4) is 0 Å². The first-order valence-electron chi connectivity index (χ1n) is 23.2. The number of unbranched alkanes of at least 4 members (excludes halogenated alkanes) is 32. The summed E-state index contributed by atoms with van der Waals surface area (Å²) in [7, 11) is 0. The third kappa shape index (κ3) is 37.2. The maximum Gasteiger partial charge on any atom is 0.249 e. The topological polar surface area (TPSA) is 89.8 Å². The first-order valence-corrected chi connectivity index (χ1v) is 23.2. The summed E-state index contributed by atoms with van der Waals surface area (Å²) in [6, 6.07) is -0.798. The van der Waals surface area contributed by atoms with E-state index >= 15 is 0 Å². The molecule has 4 N–H and O–H groups in total. The number of rotatable bonds is 42. The minimum atomic E-state index is -1.10. The molecule has 5 heteroatoms. The van der Waals surface area contributed by atoms with Crippen molar-refractivity contribution >= 4 is 5.91 Å². The fourth-order valence-corrected chi connectivity index (χ4v) is 7.12. The van der Waals surface area contributed by atoms with Crippen LogP contribution in [0.25, 0.3) is 0 Å². The largest absolute Gasteiger partial charge is 0.394 e. The predicted molar refractivity (Wildman–Crippen MR) is 227 cm³/mol. The van der Waals surface area contributed by atoms with Crippen molar-refractivity contribution in [3.63, 3.8) is 0 Å². The second-order valence-corrected chi connectivity index (χ2v) is 16.0. The molecule has 0 saturated carbocycles. The Morgan fingerprint density at radius 2 is 0.769 bits per heavy atom. The molecule has 0 heterocycles. The zero-order chi connectivity index (χ0) is 38.0. The molecule has 0 aliphatic rings. The van der Waals surface area contributed by atoms with E-state index in [1.807, 2.05) is 6.08 Å². The second kappa shape index (κ2) is 42.6. The van der Waals surface area contributed by atoms with Gasteiger partial charge in [-0.2, -0.15) is 0 Å². The third-order valence-corrected chi connectivity index (χ3v) is 10.8. The quantitative estimate of drug-likeness (QED) is 0.0371. The van der Waals surface area contributed by atoms with E-state index in [0.717, 1.165) is 32.1 Å². The number of aliphatic hydroxyl groups excluding tert-OH is 3. The first-order chi connectivity index (χ1) is 25.6. The molecule has 0 aliphatic heterocycles. The summed E-state index contributed by atoms with van der Waals surface area (Å²) in [6.45, 7) is 4.18. The van der Waals surface area contributed by atoms with Crippen molar-refractivity contribution in [1.29, 1.82) is 0 Å². The van der Waals surface area contributed by atoms with Crippen LogP contribution in [0.4, 0.5) is 0 Å². The Morgan fingerprint density at radius 3 is 1.13 bits per heavy atom. The van der Waals surface area contributed by atoms with Gasteiger partial charge in [0, 0.05) is 0 Å². The average molecular weight is 734 g/mol. The highest BCUT2D eigenvalue weighted by Gasteiger charge is 2.22. The van der Waals surface area contributed by atoms with Crippen molar-refractivity contribution < 1.29 is 20.1 Å². The van der Waals surface area contributed by atoms with E-state index in [1.54, 1.807) is 6.08 Å². The maximum absolute atomic E-state index is 12.5. The highest BCUT2D eigenvalue weighted by atomic mass is 16.3. The molecule has 0 rings (SSSR count). The molecule has 0 saturated heterocycles. The first kappa shape index (κ1) is 50.8. The molecule has 0 spiro atoms. The summed E-state index contributed by atoms with van der Waals surface area (Å²) in [5.74, 6) is -0.507.